The van der Waals surface area contributed by atoms with Crippen molar-refractivity contribution >= 4 is 12.0 Å². The molecule has 0 saturated carbocycles. The van der Waals surface area contributed by atoms with E-state index in [0.29, 0.717) is 0 Å². The van der Waals surface area contributed by atoms with Gasteiger partial charge in [-0.05, 0) is 25.0 Å². The van der Waals surface area contributed by atoms with Gasteiger partial charge in [-0.1, -0.05) is 37.3 Å². The molecule has 0 aromatic heterocycles. The zero-order chi connectivity index (χ0) is 12.0. The molecule has 3 nitrogen and oxygen atoms in total. The minimum absolute atomic E-state index is 0.0134. The van der Waals surface area contributed by atoms with Crippen LogP contribution < -0.4 is 0 Å². The number of carboxylic acid groups (broad SMARTS) is 1. The van der Waals surface area contributed by atoms with Gasteiger partial charge in [-0.3, -0.25) is 0 Å². The standard InChI is InChI=1S/C13H16O3/c1-3-10(2)16-12(13(14)15)9-11-7-5-4-6-8-11/h4-10H,3H2,1-2H3,(H,14,15). The van der Waals surface area contributed by atoms with Crippen LogP contribution in [-0.2, 0) is 9.53 Å². The Balaban J connectivity index is 2.86. The second-order valence-electron chi connectivity index (χ2n) is 3.56. The lowest BCUT2D eigenvalue weighted by Gasteiger charge is -2.12. The summed E-state index contributed by atoms with van der Waals surface area (Å²) >= 11 is 0. The van der Waals surface area contributed by atoms with Gasteiger partial charge in [0.15, 0.2) is 0 Å². The monoisotopic (exact) mass is 220 g/mol. The molecular weight excluding hydrogens is 204 g/mol. The first-order chi connectivity index (χ1) is 7.63. The van der Waals surface area contributed by atoms with Gasteiger partial charge in [0.2, 0.25) is 5.76 Å². The zero-order valence-electron chi connectivity index (χ0n) is 9.51. The number of carbonyl (C=O) groups is 1. The molecule has 0 aliphatic heterocycles. The van der Waals surface area contributed by atoms with Gasteiger partial charge in [0.1, 0.15) is 0 Å². The summed E-state index contributed by atoms with van der Waals surface area (Å²) in [5.74, 6) is -1.05. The van der Waals surface area contributed by atoms with Crippen LogP contribution in [0.5, 0.6) is 0 Å². The minimum atomic E-state index is -1.04. The molecule has 0 aliphatic carbocycles. The Morgan fingerprint density at radius 3 is 2.56 bits per heavy atom. The maximum absolute atomic E-state index is 11.0. The number of ether oxygens (including phenoxy) is 1. The molecule has 0 amide bonds. The molecule has 0 fully saturated rings. The van der Waals surface area contributed by atoms with Crippen molar-refractivity contribution in [3.8, 4) is 0 Å². The van der Waals surface area contributed by atoms with Crippen LogP contribution in [0.4, 0.5) is 0 Å². The first kappa shape index (κ1) is 12.3. The Bertz CT molecular complexity index is 368. The molecule has 16 heavy (non-hydrogen) atoms. The molecule has 0 heterocycles. The quantitative estimate of drug-likeness (QED) is 0.613. The number of rotatable bonds is 5. The summed E-state index contributed by atoms with van der Waals surface area (Å²) in [5, 5.41) is 8.99. The molecule has 1 atom stereocenters. The van der Waals surface area contributed by atoms with Crippen molar-refractivity contribution in [3.63, 3.8) is 0 Å². The van der Waals surface area contributed by atoms with E-state index < -0.39 is 5.97 Å². The predicted octanol–water partition coefficient (Wildman–Crippen LogP) is 2.93. The highest BCUT2D eigenvalue weighted by Gasteiger charge is 2.11. The maximum Gasteiger partial charge on any atom is 0.371 e. The molecule has 1 N–H and O–H groups in total. The summed E-state index contributed by atoms with van der Waals surface area (Å²) in [6, 6.07) is 9.27. The second-order valence-corrected chi connectivity index (χ2v) is 3.56. The lowest BCUT2D eigenvalue weighted by Crippen LogP contribution is -2.12. The molecule has 1 unspecified atom stereocenters. The first-order valence-corrected chi connectivity index (χ1v) is 5.30. The van der Waals surface area contributed by atoms with Crippen LogP contribution in [0.15, 0.2) is 36.1 Å². The normalized spacial score (nSPS) is 13.2. The SMILES string of the molecule is CCC(C)OC(=Cc1ccccc1)C(=O)O. The van der Waals surface area contributed by atoms with E-state index in [0.717, 1.165) is 12.0 Å². The summed E-state index contributed by atoms with van der Waals surface area (Å²) in [6.07, 6.45) is 2.22. The highest BCUT2D eigenvalue weighted by atomic mass is 16.5. The molecular formula is C13H16O3. The minimum Gasteiger partial charge on any atom is -0.484 e. The van der Waals surface area contributed by atoms with E-state index in [-0.39, 0.29) is 11.9 Å². The fraction of sp³-hybridized carbons (Fsp3) is 0.308. The van der Waals surface area contributed by atoms with Gasteiger partial charge in [0.05, 0.1) is 6.10 Å². The van der Waals surface area contributed by atoms with Crippen molar-refractivity contribution in [2.75, 3.05) is 0 Å². The van der Waals surface area contributed by atoms with Gasteiger partial charge in [-0.2, -0.15) is 0 Å². The topological polar surface area (TPSA) is 46.5 Å². The Labute approximate surface area is 95.4 Å². The van der Waals surface area contributed by atoms with Gasteiger partial charge in [0.25, 0.3) is 0 Å². The number of carboxylic acids is 1. The molecule has 0 spiro atoms. The Morgan fingerprint density at radius 1 is 1.44 bits per heavy atom. The van der Waals surface area contributed by atoms with E-state index in [2.05, 4.69) is 0 Å². The third-order valence-electron chi connectivity index (χ3n) is 2.21. The van der Waals surface area contributed by atoms with E-state index in [1.165, 1.54) is 6.08 Å². The smallest absolute Gasteiger partial charge is 0.371 e. The van der Waals surface area contributed by atoms with E-state index in [9.17, 15) is 4.79 Å². The van der Waals surface area contributed by atoms with Gasteiger partial charge in [-0.15, -0.1) is 0 Å². The number of aliphatic carboxylic acids is 1. The van der Waals surface area contributed by atoms with Crippen molar-refractivity contribution in [2.24, 2.45) is 0 Å². The van der Waals surface area contributed by atoms with Crippen LogP contribution in [0.25, 0.3) is 6.08 Å². The van der Waals surface area contributed by atoms with Crippen LogP contribution in [0.1, 0.15) is 25.8 Å². The van der Waals surface area contributed by atoms with E-state index in [1.54, 1.807) is 0 Å². The molecule has 86 valence electrons. The first-order valence-electron chi connectivity index (χ1n) is 5.30. The van der Waals surface area contributed by atoms with Crippen molar-refractivity contribution in [1.29, 1.82) is 0 Å². The van der Waals surface area contributed by atoms with Crippen molar-refractivity contribution in [3.05, 3.63) is 41.7 Å². The fourth-order valence-electron chi connectivity index (χ4n) is 1.15. The molecule has 1 rings (SSSR count). The lowest BCUT2D eigenvalue weighted by atomic mass is 10.2. The largest absolute Gasteiger partial charge is 0.484 e. The average molecular weight is 220 g/mol. The van der Waals surface area contributed by atoms with Crippen LogP contribution in [-0.4, -0.2) is 17.2 Å². The molecule has 3 heteroatoms. The van der Waals surface area contributed by atoms with Crippen LogP contribution in [0.2, 0.25) is 0 Å². The number of hydrogen-bond donors (Lipinski definition) is 1. The summed E-state index contributed by atoms with van der Waals surface area (Å²) in [6.45, 7) is 3.80. The number of benzene rings is 1. The molecule has 0 aliphatic rings. The van der Waals surface area contributed by atoms with E-state index >= 15 is 0 Å². The van der Waals surface area contributed by atoms with E-state index in [4.69, 9.17) is 9.84 Å². The summed E-state index contributed by atoms with van der Waals surface area (Å²) < 4.78 is 5.33. The van der Waals surface area contributed by atoms with Gasteiger partial charge in [-0.25, -0.2) is 4.79 Å². The zero-order valence-corrected chi connectivity index (χ0v) is 9.51. The molecule has 0 radical (unpaired) electrons. The van der Waals surface area contributed by atoms with Crippen LogP contribution in [0, 0.1) is 0 Å². The molecule has 0 saturated heterocycles. The second kappa shape index (κ2) is 5.95. The Kier molecular flexibility index (Phi) is 4.58. The average Bonchev–Trinajstić information content (AvgIpc) is 2.29. The van der Waals surface area contributed by atoms with E-state index in [1.807, 2.05) is 44.2 Å². The van der Waals surface area contributed by atoms with Crippen molar-refractivity contribution in [2.45, 2.75) is 26.4 Å². The van der Waals surface area contributed by atoms with Gasteiger partial charge in [0, 0.05) is 0 Å². The summed E-state index contributed by atoms with van der Waals surface area (Å²) in [7, 11) is 0. The molecule has 0 bridgehead atoms. The van der Waals surface area contributed by atoms with Crippen molar-refractivity contribution in [1.82, 2.24) is 0 Å². The molecule has 1 aromatic carbocycles. The van der Waals surface area contributed by atoms with Crippen LogP contribution in [0.3, 0.4) is 0 Å². The number of hydrogen-bond acceptors (Lipinski definition) is 2. The van der Waals surface area contributed by atoms with Gasteiger partial charge < -0.3 is 9.84 Å². The lowest BCUT2D eigenvalue weighted by molar-refractivity contribution is -0.137. The molecule has 1 aromatic rings. The third kappa shape index (κ3) is 3.77. The summed E-state index contributed by atoms with van der Waals surface area (Å²) in [4.78, 5) is 11.0. The highest BCUT2D eigenvalue weighted by Crippen LogP contribution is 2.11. The maximum atomic E-state index is 11.0. The predicted molar refractivity (Wildman–Crippen MR) is 62.9 cm³/mol. The summed E-state index contributed by atoms with van der Waals surface area (Å²) in [5.41, 5.74) is 0.822. The van der Waals surface area contributed by atoms with Gasteiger partial charge >= 0.3 is 5.97 Å². The fourth-order valence-corrected chi connectivity index (χ4v) is 1.15. The Hall–Kier alpha value is -1.77. The van der Waals surface area contributed by atoms with Crippen LogP contribution >= 0.6 is 0 Å². The third-order valence-corrected chi connectivity index (χ3v) is 2.21. The van der Waals surface area contributed by atoms with Crippen molar-refractivity contribution < 1.29 is 14.6 Å². The highest BCUT2D eigenvalue weighted by molar-refractivity contribution is 5.89. The Morgan fingerprint density at radius 2 is 2.06 bits per heavy atom.